The maximum Gasteiger partial charge on any atom is 0.276 e. The molecule has 5 heteroatoms. The lowest BCUT2D eigenvalue weighted by Gasteiger charge is -2.18. The molecular weight excluding hydrogens is 298 g/mol. The SMILES string of the molecule is CCCCCCCC(Cc1ccc(O)c(OC)c1)NC(=O)S. The first-order chi connectivity index (χ1) is 10.6. The third-order valence-electron chi connectivity index (χ3n) is 3.71. The van der Waals surface area contributed by atoms with Gasteiger partial charge in [-0.2, -0.15) is 0 Å². The van der Waals surface area contributed by atoms with Gasteiger partial charge in [-0.3, -0.25) is 4.79 Å². The van der Waals surface area contributed by atoms with Crippen LogP contribution in [0.5, 0.6) is 11.5 Å². The van der Waals surface area contributed by atoms with Crippen molar-refractivity contribution in [1.82, 2.24) is 5.32 Å². The van der Waals surface area contributed by atoms with Crippen molar-refractivity contribution >= 4 is 17.9 Å². The molecule has 0 bridgehead atoms. The fourth-order valence-corrected chi connectivity index (χ4v) is 2.71. The summed E-state index contributed by atoms with van der Waals surface area (Å²) < 4.78 is 5.12. The van der Waals surface area contributed by atoms with Crippen molar-refractivity contribution in [3.63, 3.8) is 0 Å². The van der Waals surface area contributed by atoms with E-state index in [0.29, 0.717) is 12.2 Å². The summed E-state index contributed by atoms with van der Waals surface area (Å²) in [6.07, 6.45) is 7.64. The molecule has 0 aliphatic heterocycles. The lowest BCUT2D eigenvalue weighted by Crippen LogP contribution is -2.33. The molecule has 1 rings (SSSR count). The molecule has 1 aromatic rings. The second-order valence-corrected chi connectivity index (χ2v) is 5.97. The predicted molar refractivity (Wildman–Crippen MR) is 93.0 cm³/mol. The highest BCUT2D eigenvalue weighted by Crippen LogP contribution is 2.27. The van der Waals surface area contributed by atoms with Crippen LogP contribution in [0, 0.1) is 0 Å². The fourth-order valence-electron chi connectivity index (χ4n) is 2.53. The number of hydrogen-bond donors (Lipinski definition) is 3. The standard InChI is InChI=1S/C17H27NO3S/c1-3-4-5-6-7-8-14(18-17(20)22)11-13-9-10-15(19)16(12-13)21-2/h9-10,12,14,19H,3-8,11H2,1-2H3,(H2,18,20,22). The molecule has 22 heavy (non-hydrogen) atoms. The Hall–Kier alpha value is -1.36. The van der Waals surface area contributed by atoms with Gasteiger partial charge < -0.3 is 15.2 Å². The van der Waals surface area contributed by atoms with Crippen LogP contribution in [0.3, 0.4) is 0 Å². The van der Waals surface area contributed by atoms with Gasteiger partial charge in [0.2, 0.25) is 0 Å². The van der Waals surface area contributed by atoms with Gasteiger partial charge in [0.1, 0.15) is 0 Å². The maximum absolute atomic E-state index is 11.2. The second-order valence-electron chi connectivity index (χ2n) is 5.56. The van der Waals surface area contributed by atoms with E-state index in [2.05, 4.69) is 24.9 Å². The molecule has 2 N–H and O–H groups in total. The van der Waals surface area contributed by atoms with Gasteiger partial charge in [-0.1, -0.05) is 57.7 Å². The van der Waals surface area contributed by atoms with E-state index >= 15 is 0 Å². The zero-order valence-corrected chi connectivity index (χ0v) is 14.4. The second kappa shape index (κ2) is 10.4. The number of unbranched alkanes of at least 4 members (excludes halogenated alkanes) is 4. The number of amides is 1. The number of benzene rings is 1. The van der Waals surface area contributed by atoms with Gasteiger partial charge in [0.15, 0.2) is 11.5 Å². The van der Waals surface area contributed by atoms with E-state index in [1.165, 1.54) is 32.8 Å². The van der Waals surface area contributed by atoms with Crippen molar-refractivity contribution in [3.05, 3.63) is 23.8 Å². The van der Waals surface area contributed by atoms with Crippen LogP contribution in [0.1, 0.15) is 51.0 Å². The topological polar surface area (TPSA) is 58.6 Å². The minimum atomic E-state index is -0.302. The van der Waals surface area contributed by atoms with E-state index in [0.717, 1.165) is 18.4 Å². The highest BCUT2D eigenvalue weighted by molar-refractivity contribution is 7.96. The Morgan fingerprint density at radius 3 is 2.68 bits per heavy atom. The average Bonchev–Trinajstić information content (AvgIpc) is 2.48. The first-order valence-electron chi connectivity index (χ1n) is 7.92. The van der Waals surface area contributed by atoms with Crippen LogP contribution in [0.4, 0.5) is 4.79 Å². The number of ether oxygens (including phenoxy) is 1. The van der Waals surface area contributed by atoms with Crippen LogP contribution in [0.25, 0.3) is 0 Å². The Morgan fingerprint density at radius 1 is 1.32 bits per heavy atom. The van der Waals surface area contributed by atoms with Gasteiger partial charge in [0.25, 0.3) is 5.24 Å². The maximum atomic E-state index is 11.2. The number of thiol groups is 1. The molecule has 0 aliphatic rings. The zero-order valence-electron chi connectivity index (χ0n) is 13.5. The number of carbonyl (C=O) groups excluding carboxylic acids is 1. The molecule has 0 spiro atoms. The van der Waals surface area contributed by atoms with Crippen LogP contribution in [-0.2, 0) is 6.42 Å². The normalized spacial score (nSPS) is 12.0. The molecule has 1 atom stereocenters. The van der Waals surface area contributed by atoms with Crippen LogP contribution in [-0.4, -0.2) is 23.5 Å². The van der Waals surface area contributed by atoms with Crippen LogP contribution < -0.4 is 10.1 Å². The van der Waals surface area contributed by atoms with Gasteiger partial charge in [0.05, 0.1) is 7.11 Å². The average molecular weight is 325 g/mol. The minimum absolute atomic E-state index is 0.0564. The molecule has 0 aliphatic carbocycles. The molecule has 0 fully saturated rings. The number of hydrogen-bond acceptors (Lipinski definition) is 3. The quantitative estimate of drug-likeness (QED) is 0.444. The van der Waals surface area contributed by atoms with E-state index in [1.54, 1.807) is 6.07 Å². The van der Waals surface area contributed by atoms with Gasteiger partial charge in [-0.05, 0) is 30.5 Å². The summed E-state index contributed by atoms with van der Waals surface area (Å²) in [6, 6.07) is 5.34. The first-order valence-corrected chi connectivity index (χ1v) is 8.36. The van der Waals surface area contributed by atoms with Crippen molar-refractivity contribution in [2.75, 3.05) is 7.11 Å². The molecule has 0 aromatic heterocycles. The Morgan fingerprint density at radius 2 is 2.05 bits per heavy atom. The monoisotopic (exact) mass is 325 g/mol. The molecule has 0 saturated heterocycles. The van der Waals surface area contributed by atoms with Crippen LogP contribution in [0.2, 0.25) is 0 Å². The van der Waals surface area contributed by atoms with E-state index in [-0.39, 0.29) is 17.0 Å². The summed E-state index contributed by atoms with van der Waals surface area (Å²) in [5, 5.41) is 12.2. The number of phenolic OH excluding ortho intramolecular Hbond substituents is 1. The third kappa shape index (κ3) is 7.07. The predicted octanol–water partition coefficient (Wildman–Crippen LogP) is 4.31. The van der Waals surface area contributed by atoms with Crippen molar-refractivity contribution < 1.29 is 14.6 Å². The first kappa shape index (κ1) is 18.7. The highest BCUT2D eigenvalue weighted by Gasteiger charge is 2.12. The van der Waals surface area contributed by atoms with Crippen LogP contribution in [0.15, 0.2) is 18.2 Å². The molecule has 1 aromatic carbocycles. The zero-order chi connectivity index (χ0) is 16.4. The lowest BCUT2D eigenvalue weighted by atomic mass is 9.99. The van der Waals surface area contributed by atoms with E-state index in [4.69, 9.17) is 4.74 Å². The van der Waals surface area contributed by atoms with E-state index < -0.39 is 0 Å². The summed E-state index contributed by atoms with van der Waals surface area (Å²) in [7, 11) is 1.53. The summed E-state index contributed by atoms with van der Waals surface area (Å²) in [6.45, 7) is 2.20. The smallest absolute Gasteiger partial charge is 0.276 e. The van der Waals surface area contributed by atoms with Gasteiger partial charge in [-0.25, -0.2) is 0 Å². The Labute approximate surface area is 138 Å². The summed E-state index contributed by atoms with van der Waals surface area (Å²) >= 11 is 3.82. The van der Waals surface area contributed by atoms with Gasteiger partial charge in [0, 0.05) is 6.04 Å². The summed E-state index contributed by atoms with van der Waals surface area (Å²) in [4.78, 5) is 11.2. The number of rotatable bonds is 10. The summed E-state index contributed by atoms with van der Waals surface area (Å²) in [5.41, 5.74) is 1.02. The van der Waals surface area contributed by atoms with Crippen LogP contribution >= 0.6 is 12.6 Å². The number of carbonyl (C=O) groups is 1. The minimum Gasteiger partial charge on any atom is -0.504 e. The lowest BCUT2D eigenvalue weighted by molar-refractivity contribution is 0.256. The molecule has 0 heterocycles. The van der Waals surface area contributed by atoms with Crippen molar-refractivity contribution in [2.45, 2.75) is 57.9 Å². The highest BCUT2D eigenvalue weighted by atomic mass is 32.1. The van der Waals surface area contributed by atoms with E-state index in [1.807, 2.05) is 12.1 Å². The molecule has 1 amide bonds. The molecule has 0 saturated carbocycles. The fraction of sp³-hybridized carbons (Fsp3) is 0.588. The number of phenols is 1. The van der Waals surface area contributed by atoms with Gasteiger partial charge in [-0.15, -0.1) is 0 Å². The molecule has 0 radical (unpaired) electrons. The Kier molecular flexibility index (Phi) is 8.82. The molecule has 124 valence electrons. The molecule has 1 unspecified atom stereocenters. The number of methoxy groups -OCH3 is 1. The molecular formula is C17H27NO3S. The largest absolute Gasteiger partial charge is 0.504 e. The van der Waals surface area contributed by atoms with Crippen molar-refractivity contribution in [2.24, 2.45) is 0 Å². The summed E-state index contributed by atoms with van der Waals surface area (Å²) in [5.74, 6) is 0.581. The number of nitrogens with one attached hydrogen (secondary N) is 1. The third-order valence-corrected chi connectivity index (χ3v) is 3.84. The van der Waals surface area contributed by atoms with E-state index in [9.17, 15) is 9.90 Å². The molecule has 4 nitrogen and oxygen atoms in total. The van der Waals surface area contributed by atoms with Gasteiger partial charge >= 0.3 is 0 Å². The van der Waals surface area contributed by atoms with Crippen molar-refractivity contribution in [3.8, 4) is 11.5 Å². The van der Waals surface area contributed by atoms with Crippen molar-refractivity contribution in [1.29, 1.82) is 0 Å². The Balaban J connectivity index is 2.58. The Bertz CT molecular complexity index is 465. The number of aromatic hydroxyl groups is 1.